The van der Waals surface area contributed by atoms with E-state index >= 15 is 0 Å². The third-order valence-electron chi connectivity index (χ3n) is 4.39. The van der Waals surface area contributed by atoms with Crippen molar-refractivity contribution in [1.29, 1.82) is 0 Å². The quantitative estimate of drug-likeness (QED) is 0.485. The zero-order valence-electron chi connectivity index (χ0n) is 14.6. The molecule has 0 saturated carbocycles. The number of nitrogens with one attached hydrogen (secondary N) is 2. The standard InChI is InChI=1S/C19H17N7O/c1-3-14(27)25-13-6-4-11(5-7-13)17-15(12-8-23-24-9-12)16-18(20)21-10-22-19(16)26(17)2/h3-10H,1H2,2H3,(H,23,24)(H,25,27)(H2,20,21,22). The van der Waals surface area contributed by atoms with Gasteiger partial charge in [0, 0.05) is 30.1 Å². The van der Waals surface area contributed by atoms with Crippen LogP contribution in [0.15, 0.2) is 55.6 Å². The lowest BCUT2D eigenvalue weighted by Crippen LogP contribution is -2.06. The SMILES string of the molecule is C=CC(=O)Nc1ccc(-c2c(-c3cn[nH]c3)c3c(N)ncnc3n2C)cc1. The first-order valence-electron chi connectivity index (χ1n) is 8.22. The Kier molecular flexibility index (Phi) is 3.92. The summed E-state index contributed by atoms with van der Waals surface area (Å²) in [5, 5.41) is 10.4. The van der Waals surface area contributed by atoms with Gasteiger partial charge in [0.05, 0.1) is 17.3 Å². The Morgan fingerprint density at radius 1 is 1.26 bits per heavy atom. The van der Waals surface area contributed by atoms with Crippen LogP contribution in [-0.2, 0) is 11.8 Å². The average molecular weight is 359 g/mol. The Balaban J connectivity index is 1.93. The van der Waals surface area contributed by atoms with E-state index < -0.39 is 0 Å². The molecule has 3 heterocycles. The van der Waals surface area contributed by atoms with Gasteiger partial charge in [0.1, 0.15) is 17.8 Å². The number of nitrogen functional groups attached to an aromatic ring is 1. The van der Waals surface area contributed by atoms with Crippen LogP contribution in [0.3, 0.4) is 0 Å². The minimum absolute atomic E-state index is 0.255. The lowest BCUT2D eigenvalue weighted by atomic mass is 10.0. The number of hydrogen-bond acceptors (Lipinski definition) is 5. The zero-order chi connectivity index (χ0) is 19.0. The number of nitrogens with two attached hydrogens (primary N) is 1. The number of benzene rings is 1. The summed E-state index contributed by atoms with van der Waals surface area (Å²) in [5.41, 5.74) is 11.3. The Morgan fingerprint density at radius 3 is 2.70 bits per heavy atom. The second kappa shape index (κ2) is 6.41. The number of nitrogens with zero attached hydrogens (tertiary/aromatic N) is 4. The molecule has 134 valence electrons. The molecule has 0 bridgehead atoms. The van der Waals surface area contributed by atoms with Crippen LogP contribution in [0.5, 0.6) is 0 Å². The average Bonchev–Trinajstić information content (AvgIpc) is 3.30. The zero-order valence-corrected chi connectivity index (χ0v) is 14.6. The fourth-order valence-corrected chi connectivity index (χ4v) is 3.19. The fourth-order valence-electron chi connectivity index (χ4n) is 3.19. The third-order valence-corrected chi connectivity index (χ3v) is 4.39. The van der Waals surface area contributed by atoms with E-state index in [9.17, 15) is 4.79 Å². The van der Waals surface area contributed by atoms with E-state index in [2.05, 4.69) is 32.1 Å². The van der Waals surface area contributed by atoms with Gasteiger partial charge in [0.2, 0.25) is 5.91 Å². The molecule has 4 aromatic rings. The van der Waals surface area contributed by atoms with Crippen molar-refractivity contribution in [3.05, 3.63) is 55.6 Å². The molecule has 3 aromatic heterocycles. The van der Waals surface area contributed by atoms with Gasteiger partial charge in [-0.3, -0.25) is 9.89 Å². The molecule has 0 spiro atoms. The van der Waals surface area contributed by atoms with E-state index in [-0.39, 0.29) is 5.91 Å². The third kappa shape index (κ3) is 2.73. The molecule has 4 N–H and O–H groups in total. The number of fused-ring (bicyclic) bond motifs is 1. The van der Waals surface area contributed by atoms with E-state index in [0.29, 0.717) is 11.5 Å². The molecule has 0 fully saturated rings. The van der Waals surface area contributed by atoms with Crippen LogP contribution in [0.25, 0.3) is 33.4 Å². The summed E-state index contributed by atoms with van der Waals surface area (Å²) in [6, 6.07) is 7.53. The maximum absolute atomic E-state index is 11.5. The van der Waals surface area contributed by atoms with Crippen LogP contribution in [0.2, 0.25) is 0 Å². The highest BCUT2D eigenvalue weighted by Crippen LogP contribution is 2.41. The van der Waals surface area contributed by atoms with Gasteiger partial charge in [-0.25, -0.2) is 9.97 Å². The maximum Gasteiger partial charge on any atom is 0.247 e. The molecule has 27 heavy (non-hydrogen) atoms. The van der Waals surface area contributed by atoms with Crippen LogP contribution >= 0.6 is 0 Å². The van der Waals surface area contributed by atoms with Crippen molar-refractivity contribution in [1.82, 2.24) is 24.7 Å². The number of aromatic nitrogens is 5. The predicted octanol–water partition coefficient (Wildman–Crippen LogP) is 2.73. The largest absolute Gasteiger partial charge is 0.383 e. The highest BCUT2D eigenvalue weighted by molar-refractivity contribution is 6.07. The van der Waals surface area contributed by atoms with E-state index in [1.807, 2.05) is 42.1 Å². The molecule has 0 aliphatic rings. The number of anilines is 2. The molecule has 8 heteroatoms. The van der Waals surface area contributed by atoms with Crippen LogP contribution < -0.4 is 11.1 Å². The van der Waals surface area contributed by atoms with Crippen molar-refractivity contribution in [2.75, 3.05) is 11.1 Å². The first-order valence-corrected chi connectivity index (χ1v) is 8.22. The molecule has 0 radical (unpaired) electrons. The first-order chi connectivity index (χ1) is 13.1. The molecule has 1 aromatic carbocycles. The normalized spacial score (nSPS) is 10.9. The van der Waals surface area contributed by atoms with Gasteiger partial charge in [-0.1, -0.05) is 18.7 Å². The highest BCUT2D eigenvalue weighted by atomic mass is 16.1. The second-order valence-electron chi connectivity index (χ2n) is 6.00. The smallest absolute Gasteiger partial charge is 0.247 e. The summed E-state index contributed by atoms with van der Waals surface area (Å²) < 4.78 is 1.98. The lowest BCUT2D eigenvalue weighted by molar-refractivity contribution is -0.111. The minimum atomic E-state index is -0.255. The van der Waals surface area contributed by atoms with E-state index in [4.69, 9.17) is 5.73 Å². The summed E-state index contributed by atoms with van der Waals surface area (Å²) in [6.45, 7) is 3.46. The maximum atomic E-state index is 11.5. The Labute approximate surface area is 154 Å². The number of H-pyrrole nitrogens is 1. The monoisotopic (exact) mass is 359 g/mol. The minimum Gasteiger partial charge on any atom is -0.383 e. The number of carbonyl (C=O) groups excluding carboxylic acids is 1. The first kappa shape index (κ1) is 16.5. The van der Waals surface area contributed by atoms with E-state index in [0.717, 1.165) is 33.4 Å². The van der Waals surface area contributed by atoms with Gasteiger partial charge < -0.3 is 15.6 Å². The van der Waals surface area contributed by atoms with Crippen LogP contribution in [0.1, 0.15) is 0 Å². The summed E-state index contributed by atoms with van der Waals surface area (Å²) in [5.74, 6) is 0.155. The number of hydrogen-bond donors (Lipinski definition) is 3. The van der Waals surface area contributed by atoms with Crippen molar-refractivity contribution < 1.29 is 4.79 Å². The molecule has 0 saturated heterocycles. The Morgan fingerprint density at radius 2 is 2.04 bits per heavy atom. The van der Waals surface area contributed by atoms with Crippen molar-refractivity contribution in [2.24, 2.45) is 7.05 Å². The van der Waals surface area contributed by atoms with Crippen molar-refractivity contribution in [3.63, 3.8) is 0 Å². The topological polar surface area (TPSA) is 115 Å². The molecule has 0 aliphatic heterocycles. The molecular weight excluding hydrogens is 342 g/mol. The van der Waals surface area contributed by atoms with Crippen LogP contribution in [0.4, 0.5) is 11.5 Å². The molecular formula is C19H17N7O. The number of amides is 1. The summed E-state index contributed by atoms with van der Waals surface area (Å²) in [7, 11) is 1.93. The molecule has 0 aliphatic carbocycles. The van der Waals surface area contributed by atoms with E-state index in [1.165, 1.54) is 12.4 Å². The Hall–Kier alpha value is -3.94. The molecule has 4 rings (SSSR count). The van der Waals surface area contributed by atoms with Crippen molar-refractivity contribution >= 4 is 28.4 Å². The second-order valence-corrected chi connectivity index (χ2v) is 6.00. The van der Waals surface area contributed by atoms with Gasteiger partial charge in [0.15, 0.2) is 0 Å². The van der Waals surface area contributed by atoms with Gasteiger partial charge in [-0.2, -0.15) is 5.10 Å². The van der Waals surface area contributed by atoms with Gasteiger partial charge in [-0.15, -0.1) is 0 Å². The summed E-state index contributed by atoms with van der Waals surface area (Å²) in [6.07, 6.45) is 6.23. The molecule has 0 atom stereocenters. The molecule has 1 amide bonds. The van der Waals surface area contributed by atoms with Gasteiger partial charge in [0.25, 0.3) is 0 Å². The Bertz CT molecular complexity index is 1140. The molecule has 8 nitrogen and oxygen atoms in total. The predicted molar refractivity (Wildman–Crippen MR) is 105 cm³/mol. The van der Waals surface area contributed by atoms with Crippen LogP contribution in [0, 0.1) is 0 Å². The summed E-state index contributed by atoms with van der Waals surface area (Å²) in [4.78, 5) is 20.0. The van der Waals surface area contributed by atoms with Crippen molar-refractivity contribution in [3.8, 4) is 22.4 Å². The summed E-state index contributed by atoms with van der Waals surface area (Å²) >= 11 is 0. The van der Waals surface area contributed by atoms with Crippen molar-refractivity contribution in [2.45, 2.75) is 0 Å². The number of aryl methyl sites for hydroxylation is 1. The highest BCUT2D eigenvalue weighted by Gasteiger charge is 2.22. The molecule has 0 unspecified atom stereocenters. The van der Waals surface area contributed by atoms with E-state index in [1.54, 1.807) is 6.20 Å². The fraction of sp³-hybridized carbons (Fsp3) is 0.0526. The van der Waals surface area contributed by atoms with Gasteiger partial charge >= 0.3 is 0 Å². The van der Waals surface area contributed by atoms with Gasteiger partial charge in [-0.05, 0) is 23.8 Å². The number of carbonyl (C=O) groups is 1. The number of aromatic amines is 1. The lowest BCUT2D eigenvalue weighted by Gasteiger charge is -2.09. The van der Waals surface area contributed by atoms with Crippen LogP contribution in [-0.4, -0.2) is 30.6 Å². The number of rotatable bonds is 4.